The molecule has 0 radical (unpaired) electrons. The number of benzene rings is 1. The van der Waals surface area contributed by atoms with Crippen LogP contribution in [-0.2, 0) is 13.1 Å². The summed E-state index contributed by atoms with van der Waals surface area (Å²) < 4.78 is 7.89. The number of amides is 2. The van der Waals surface area contributed by atoms with Gasteiger partial charge in [-0.15, -0.1) is 0 Å². The Morgan fingerprint density at radius 1 is 1.06 bits per heavy atom. The van der Waals surface area contributed by atoms with Crippen LogP contribution in [0.2, 0.25) is 0 Å². The van der Waals surface area contributed by atoms with E-state index in [1.165, 1.54) is 0 Å². The van der Waals surface area contributed by atoms with Crippen molar-refractivity contribution >= 4 is 11.8 Å². The van der Waals surface area contributed by atoms with Crippen molar-refractivity contribution < 1.29 is 14.0 Å². The highest BCUT2D eigenvalue weighted by Crippen LogP contribution is 2.17. The lowest BCUT2D eigenvalue weighted by atomic mass is 10.1. The van der Waals surface area contributed by atoms with Gasteiger partial charge in [0.15, 0.2) is 5.76 Å². The Labute approximate surface area is 196 Å². The summed E-state index contributed by atoms with van der Waals surface area (Å²) in [5.41, 5.74) is 2.73. The molecule has 2 amide bonds. The molecular weight excluding hydrogens is 414 g/mol. The number of carbonyl (C=O) groups is 2. The molecule has 1 N–H and O–H groups in total. The molecule has 2 aromatic heterocycles. The van der Waals surface area contributed by atoms with Crippen LogP contribution in [0.5, 0.6) is 0 Å². The molecule has 176 valence electrons. The summed E-state index contributed by atoms with van der Waals surface area (Å²) in [5, 5.41) is 2.97. The van der Waals surface area contributed by atoms with Crippen molar-refractivity contribution in [1.82, 2.24) is 14.8 Å². The van der Waals surface area contributed by atoms with Gasteiger partial charge in [-0.1, -0.05) is 39.0 Å². The first-order valence-electron chi connectivity index (χ1n) is 11.7. The van der Waals surface area contributed by atoms with E-state index < -0.39 is 0 Å². The van der Waals surface area contributed by atoms with Crippen molar-refractivity contribution in [2.24, 2.45) is 5.92 Å². The molecule has 0 spiro atoms. The highest BCUT2D eigenvalue weighted by Gasteiger charge is 2.19. The van der Waals surface area contributed by atoms with Crippen LogP contribution in [-0.4, -0.2) is 33.9 Å². The van der Waals surface area contributed by atoms with E-state index in [0.717, 1.165) is 23.2 Å². The van der Waals surface area contributed by atoms with Crippen LogP contribution in [0.15, 0.2) is 59.1 Å². The fraction of sp³-hybridized carbons (Fsp3) is 0.407. The summed E-state index contributed by atoms with van der Waals surface area (Å²) in [4.78, 5) is 27.6. The van der Waals surface area contributed by atoms with E-state index in [2.05, 4.69) is 30.7 Å². The fourth-order valence-corrected chi connectivity index (χ4v) is 3.65. The number of nitrogens with zero attached hydrogens (tertiary/aromatic N) is 2. The molecule has 0 bridgehead atoms. The molecule has 1 atom stereocenters. The first-order chi connectivity index (χ1) is 15.8. The first-order valence-corrected chi connectivity index (χ1v) is 11.7. The van der Waals surface area contributed by atoms with Gasteiger partial charge in [-0.3, -0.25) is 9.59 Å². The number of hydrogen-bond donors (Lipinski definition) is 1. The minimum Gasteiger partial charge on any atom is -0.454 e. The molecular formula is C27H35N3O3. The van der Waals surface area contributed by atoms with Gasteiger partial charge in [-0.25, -0.2) is 0 Å². The minimum atomic E-state index is -0.201. The SMILES string of the molecule is CCCN(Cc1cccn1Cc1ccc(C(=O)NC(C)C(C)C)o1)C(=O)c1ccccc1C. The van der Waals surface area contributed by atoms with Crippen molar-refractivity contribution in [3.8, 4) is 0 Å². The molecule has 6 heteroatoms. The second kappa shape index (κ2) is 11.0. The summed E-state index contributed by atoms with van der Waals surface area (Å²) in [6, 6.07) is 15.3. The molecule has 1 unspecified atom stereocenters. The molecule has 33 heavy (non-hydrogen) atoms. The Morgan fingerprint density at radius 3 is 2.52 bits per heavy atom. The van der Waals surface area contributed by atoms with Gasteiger partial charge < -0.3 is 19.2 Å². The number of furan rings is 1. The van der Waals surface area contributed by atoms with Crippen molar-refractivity contribution in [2.75, 3.05) is 6.54 Å². The fourth-order valence-electron chi connectivity index (χ4n) is 3.65. The zero-order valence-electron chi connectivity index (χ0n) is 20.3. The highest BCUT2D eigenvalue weighted by atomic mass is 16.4. The Hall–Kier alpha value is -3.28. The number of nitrogens with one attached hydrogen (secondary N) is 1. The van der Waals surface area contributed by atoms with Gasteiger partial charge in [-0.05, 0) is 62.1 Å². The quantitative estimate of drug-likeness (QED) is 0.459. The predicted molar refractivity (Wildman–Crippen MR) is 130 cm³/mol. The maximum atomic E-state index is 13.2. The highest BCUT2D eigenvalue weighted by molar-refractivity contribution is 5.95. The van der Waals surface area contributed by atoms with Gasteiger partial charge in [0.2, 0.25) is 0 Å². The molecule has 0 aliphatic heterocycles. The molecule has 1 aromatic carbocycles. The molecule has 0 fully saturated rings. The molecule has 0 aliphatic rings. The number of carbonyl (C=O) groups excluding carboxylic acids is 2. The van der Waals surface area contributed by atoms with Crippen molar-refractivity contribution in [3.63, 3.8) is 0 Å². The van der Waals surface area contributed by atoms with Crippen LogP contribution < -0.4 is 5.32 Å². The number of rotatable bonds is 10. The van der Waals surface area contributed by atoms with E-state index in [1.807, 2.05) is 67.4 Å². The van der Waals surface area contributed by atoms with Gasteiger partial charge in [0.05, 0.1) is 13.1 Å². The largest absolute Gasteiger partial charge is 0.454 e. The second-order valence-corrected chi connectivity index (χ2v) is 8.94. The molecule has 6 nitrogen and oxygen atoms in total. The summed E-state index contributed by atoms with van der Waals surface area (Å²) in [5.74, 6) is 1.20. The predicted octanol–water partition coefficient (Wildman–Crippen LogP) is 5.26. The average Bonchev–Trinajstić information content (AvgIpc) is 3.43. The summed E-state index contributed by atoms with van der Waals surface area (Å²) in [7, 11) is 0. The molecule has 2 heterocycles. The Kier molecular flexibility index (Phi) is 8.15. The van der Waals surface area contributed by atoms with E-state index in [4.69, 9.17) is 4.42 Å². The molecule has 0 saturated carbocycles. The third-order valence-corrected chi connectivity index (χ3v) is 6.00. The third kappa shape index (κ3) is 6.15. The molecule has 3 rings (SSSR count). The van der Waals surface area contributed by atoms with Crippen LogP contribution in [0.4, 0.5) is 0 Å². The Balaban J connectivity index is 1.72. The van der Waals surface area contributed by atoms with Crippen LogP contribution >= 0.6 is 0 Å². The van der Waals surface area contributed by atoms with E-state index in [9.17, 15) is 9.59 Å². The van der Waals surface area contributed by atoms with E-state index in [1.54, 1.807) is 6.07 Å². The lowest BCUT2D eigenvalue weighted by molar-refractivity contribution is 0.0738. The maximum Gasteiger partial charge on any atom is 0.287 e. The summed E-state index contributed by atoms with van der Waals surface area (Å²) in [6.45, 7) is 11.8. The van der Waals surface area contributed by atoms with E-state index >= 15 is 0 Å². The van der Waals surface area contributed by atoms with Gasteiger partial charge in [0, 0.05) is 30.0 Å². The van der Waals surface area contributed by atoms with Crippen LogP contribution in [0.1, 0.15) is 72.0 Å². The van der Waals surface area contributed by atoms with E-state index in [-0.39, 0.29) is 17.9 Å². The number of hydrogen-bond acceptors (Lipinski definition) is 3. The van der Waals surface area contributed by atoms with Gasteiger partial charge >= 0.3 is 0 Å². The van der Waals surface area contributed by atoms with Crippen LogP contribution in [0, 0.1) is 12.8 Å². The molecule has 3 aromatic rings. The number of aromatic nitrogens is 1. The second-order valence-electron chi connectivity index (χ2n) is 8.94. The monoisotopic (exact) mass is 449 g/mol. The zero-order valence-corrected chi connectivity index (χ0v) is 20.3. The average molecular weight is 450 g/mol. The smallest absolute Gasteiger partial charge is 0.287 e. The van der Waals surface area contributed by atoms with Crippen molar-refractivity contribution in [3.05, 3.63) is 83.1 Å². The lowest BCUT2D eigenvalue weighted by Crippen LogP contribution is -2.35. The molecule has 0 aliphatic carbocycles. The first kappa shape index (κ1) is 24.4. The minimum absolute atomic E-state index is 0.0407. The summed E-state index contributed by atoms with van der Waals surface area (Å²) in [6.07, 6.45) is 2.85. The zero-order chi connectivity index (χ0) is 24.0. The van der Waals surface area contributed by atoms with Gasteiger partial charge in [0.25, 0.3) is 11.8 Å². The van der Waals surface area contributed by atoms with Crippen LogP contribution in [0.3, 0.4) is 0 Å². The standard InChI is InChI=1S/C27H35N3O3/c1-6-15-30(27(32)24-12-8-7-10-20(24)4)17-22-11-9-16-29(22)18-23-13-14-25(33-23)26(31)28-21(5)19(2)3/h7-14,16,19,21H,6,15,17-18H2,1-5H3,(H,28,31). The van der Waals surface area contributed by atoms with Crippen LogP contribution in [0.25, 0.3) is 0 Å². The topological polar surface area (TPSA) is 67.5 Å². The Bertz CT molecular complexity index is 1080. The Morgan fingerprint density at radius 2 is 1.82 bits per heavy atom. The lowest BCUT2D eigenvalue weighted by Gasteiger charge is -2.24. The maximum absolute atomic E-state index is 13.2. The summed E-state index contributed by atoms with van der Waals surface area (Å²) >= 11 is 0. The van der Waals surface area contributed by atoms with Crippen molar-refractivity contribution in [1.29, 1.82) is 0 Å². The van der Waals surface area contributed by atoms with E-state index in [0.29, 0.717) is 37.1 Å². The molecule has 0 saturated heterocycles. The van der Waals surface area contributed by atoms with Gasteiger partial charge in [0.1, 0.15) is 5.76 Å². The van der Waals surface area contributed by atoms with Gasteiger partial charge in [-0.2, -0.15) is 0 Å². The van der Waals surface area contributed by atoms with Crippen molar-refractivity contribution in [2.45, 2.75) is 60.2 Å². The third-order valence-electron chi connectivity index (χ3n) is 6.00. The number of aryl methyl sites for hydroxylation is 1. The normalized spacial score (nSPS) is 12.1.